The third kappa shape index (κ3) is 5.71. The zero-order valence-corrected chi connectivity index (χ0v) is 16.7. The van der Waals surface area contributed by atoms with Crippen LogP contribution in [-0.2, 0) is 20.5 Å². The van der Waals surface area contributed by atoms with Gasteiger partial charge in [0.2, 0.25) is 0 Å². The molecule has 0 bridgehead atoms. The number of nitrogens with one attached hydrogen (secondary N) is 1. The topological polar surface area (TPSA) is 71.5 Å². The van der Waals surface area contributed by atoms with Gasteiger partial charge in [-0.3, -0.25) is 9.59 Å². The molecule has 0 radical (unpaired) electrons. The normalized spacial score (nSPS) is 16.0. The number of benzene rings is 1. The van der Waals surface area contributed by atoms with Crippen LogP contribution < -0.4 is 10.2 Å². The summed E-state index contributed by atoms with van der Waals surface area (Å²) in [5, 5.41) is 2.37. The van der Waals surface area contributed by atoms with Crippen LogP contribution >= 0.6 is 0 Å². The van der Waals surface area contributed by atoms with Crippen molar-refractivity contribution in [3.05, 3.63) is 54.0 Å². The molecule has 6 nitrogen and oxygen atoms in total. The largest absolute Gasteiger partial charge is 0.452 e. The molecule has 10 heteroatoms. The van der Waals surface area contributed by atoms with E-state index < -0.39 is 41.5 Å². The highest BCUT2D eigenvalue weighted by molar-refractivity contribution is 5.95. The van der Waals surface area contributed by atoms with Crippen molar-refractivity contribution in [3.63, 3.8) is 0 Å². The number of amides is 1. The van der Waals surface area contributed by atoms with E-state index in [4.69, 9.17) is 4.74 Å². The number of halogens is 4. The number of para-hydroxylation sites is 1. The van der Waals surface area contributed by atoms with Gasteiger partial charge in [0, 0.05) is 19.3 Å². The molecule has 1 aromatic carbocycles. The average Bonchev–Trinajstić information content (AvgIpc) is 2.75. The molecule has 1 fully saturated rings. The summed E-state index contributed by atoms with van der Waals surface area (Å²) in [5.74, 6) is -1.84. The number of carbonyl (C=O) groups excluding carboxylic acids is 2. The Bertz CT molecular complexity index is 926. The second-order valence-electron chi connectivity index (χ2n) is 7.21. The van der Waals surface area contributed by atoms with Gasteiger partial charge in [0.25, 0.3) is 5.91 Å². The molecular formula is C21H21F4N3O3. The first-order chi connectivity index (χ1) is 14.6. The lowest BCUT2D eigenvalue weighted by molar-refractivity contribution is -0.158. The number of hydrogen-bond donors (Lipinski definition) is 1. The second-order valence-corrected chi connectivity index (χ2v) is 7.21. The predicted octanol–water partition coefficient (Wildman–Crippen LogP) is 4.03. The molecule has 0 saturated carbocycles. The van der Waals surface area contributed by atoms with Crippen LogP contribution in [0.5, 0.6) is 0 Å². The summed E-state index contributed by atoms with van der Waals surface area (Å²) in [5.41, 5.74) is -0.829. The Balaban J connectivity index is 1.49. The number of piperidine rings is 1. The zero-order chi connectivity index (χ0) is 22.6. The first kappa shape index (κ1) is 22.5. The van der Waals surface area contributed by atoms with Gasteiger partial charge in [0.05, 0.1) is 17.2 Å². The van der Waals surface area contributed by atoms with Gasteiger partial charge in [0.1, 0.15) is 11.6 Å². The fraction of sp³-hybridized carbons (Fsp3) is 0.381. The van der Waals surface area contributed by atoms with Gasteiger partial charge in [-0.05, 0) is 44.0 Å². The van der Waals surface area contributed by atoms with E-state index in [0.717, 1.165) is 12.3 Å². The van der Waals surface area contributed by atoms with Crippen molar-refractivity contribution in [1.29, 1.82) is 0 Å². The van der Waals surface area contributed by atoms with Gasteiger partial charge in [-0.1, -0.05) is 12.1 Å². The van der Waals surface area contributed by atoms with Crippen molar-refractivity contribution in [2.75, 3.05) is 23.3 Å². The molecule has 0 unspecified atom stereocenters. The molecule has 2 aromatic rings. The number of alkyl halides is 3. The van der Waals surface area contributed by atoms with Crippen LogP contribution in [0.25, 0.3) is 0 Å². The highest BCUT2D eigenvalue weighted by atomic mass is 19.4. The molecular weight excluding hydrogens is 418 g/mol. The number of ether oxygens (including phenoxy) is 1. The number of hydrogen-bond acceptors (Lipinski definition) is 5. The second kappa shape index (κ2) is 9.32. The SMILES string of the molecule is C[C@H](OC(=O)C1CCN(c2ccc(C(F)(F)F)cn2)CC1)C(=O)Nc1ccccc1F. The minimum Gasteiger partial charge on any atom is -0.452 e. The monoisotopic (exact) mass is 439 g/mol. The number of nitrogens with zero attached hydrogens (tertiary/aromatic N) is 2. The summed E-state index contributed by atoms with van der Waals surface area (Å²) in [6.45, 7) is 2.22. The Hall–Kier alpha value is -3.17. The minimum absolute atomic E-state index is 0.00671. The smallest absolute Gasteiger partial charge is 0.417 e. The molecule has 0 aliphatic carbocycles. The molecule has 1 aromatic heterocycles. The van der Waals surface area contributed by atoms with E-state index in [1.165, 1.54) is 31.2 Å². The highest BCUT2D eigenvalue weighted by Crippen LogP contribution is 2.30. The average molecular weight is 439 g/mol. The van der Waals surface area contributed by atoms with E-state index in [1.807, 2.05) is 0 Å². The summed E-state index contributed by atoms with van der Waals surface area (Å²) in [6.07, 6.45) is -3.96. The van der Waals surface area contributed by atoms with Crippen molar-refractivity contribution in [2.45, 2.75) is 32.0 Å². The van der Waals surface area contributed by atoms with E-state index in [1.54, 1.807) is 11.0 Å². The molecule has 1 aliphatic rings. The molecule has 2 heterocycles. The number of esters is 1. The number of carbonyl (C=O) groups is 2. The molecule has 166 valence electrons. The van der Waals surface area contributed by atoms with E-state index in [9.17, 15) is 27.2 Å². The number of anilines is 2. The standard InChI is InChI=1S/C21H21F4N3O3/c1-13(19(29)27-17-5-3-2-4-16(17)22)31-20(30)14-8-10-28(11-9-14)18-7-6-15(12-26-18)21(23,24)25/h2-7,12-14H,8-11H2,1H3,(H,27,29)/t13-/m0/s1. The Labute approximate surface area is 176 Å². The van der Waals surface area contributed by atoms with Crippen LogP contribution in [-0.4, -0.2) is 36.1 Å². The summed E-state index contributed by atoms with van der Waals surface area (Å²) in [7, 11) is 0. The predicted molar refractivity (Wildman–Crippen MR) is 105 cm³/mol. The van der Waals surface area contributed by atoms with Crippen LogP contribution in [0.4, 0.5) is 29.1 Å². The zero-order valence-electron chi connectivity index (χ0n) is 16.7. The lowest BCUT2D eigenvalue weighted by Crippen LogP contribution is -2.39. The minimum atomic E-state index is -4.45. The Kier molecular flexibility index (Phi) is 6.77. The van der Waals surface area contributed by atoms with Crippen LogP contribution in [0.3, 0.4) is 0 Å². The van der Waals surface area contributed by atoms with Crippen molar-refractivity contribution in [3.8, 4) is 0 Å². The molecule has 1 aliphatic heterocycles. The molecule has 1 saturated heterocycles. The molecule has 1 N–H and O–H groups in total. The van der Waals surface area contributed by atoms with Crippen LogP contribution in [0.15, 0.2) is 42.6 Å². The van der Waals surface area contributed by atoms with Crippen LogP contribution in [0.2, 0.25) is 0 Å². The Morgan fingerprint density at radius 3 is 2.42 bits per heavy atom. The summed E-state index contributed by atoms with van der Waals surface area (Å²) < 4.78 is 56.8. The van der Waals surface area contributed by atoms with Gasteiger partial charge in [-0.15, -0.1) is 0 Å². The fourth-order valence-corrected chi connectivity index (χ4v) is 3.21. The van der Waals surface area contributed by atoms with Gasteiger partial charge in [-0.25, -0.2) is 9.37 Å². The first-order valence-electron chi connectivity index (χ1n) is 9.69. The van der Waals surface area contributed by atoms with Crippen molar-refractivity contribution in [2.24, 2.45) is 5.92 Å². The van der Waals surface area contributed by atoms with Crippen molar-refractivity contribution in [1.82, 2.24) is 4.98 Å². The van der Waals surface area contributed by atoms with Gasteiger partial charge < -0.3 is 15.0 Å². The van der Waals surface area contributed by atoms with Gasteiger partial charge in [-0.2, -0.15) is 13.2 Å². The maximum atomic E-state index is 13.6. The van der Waals surface area contributed by atoms with E-state index in [0.29, 0.717) is 31.7 Å². The quantitative estimate of drug-likeness (QED) is 0.563. The lowest BCUT2D eigenvalue weighted by atomic mass is 9.97. The maximum Gasteiger partial charge on any atom is 0.417 e. The lowest BCUT2D eigenvalue weighted by Gasteiger charge is -2.32. The van der Waals surface area contributed by atoms with E-state index in [2.05, 4.69) is 10.3 Å². The third-order valence-corrected chi connectivity index (χ3v) is 5.02. The summed E-state index contributed by atoms with van der Waals surface area (Å²) in [4.78, 5) is 30.2. The molecule has 1 atom stereocenters. The van der Waals surface area contributed by atoms with E-state index >= 15 is 0 Å². The van der Waals surface area contributed by atoms with Crippen LogP contribution in [0.1, 0.15) is 25.3 Å². The molecule has 0 spiro atoms. The number of aromatic nitrogens is 1. The van der Waals surface area contributed by atoms with Crippen molar-refractivity contribution < 1.29 is 31.9 Å². The van der Waals surface area contributed by atoms with Crippen LogP contribution in [0, 0.1) is 11.7 Å². The maximum absolute atomic E-state index is 13.6. The number of pyridine rings is 1. The Morgan fingerprint density at radius 2 is 1.84 bits per heavy atom. The summed E-state index contributed by atoms with van der Waals surface area (Å²) >= 11 is 0. The van der Waals surface area contributed by atoms with Gasteiger partial charge >= 0.3 is 12.1 Å². The number of rotatable bonds is 5. The highest BCUT2D eigenvalue weighted by Gasteiger charge is 2.32. The van der Waals surface area contributed by atoms with Gasteiger partial charge in [0.15, 0.2) is 6.10 Å². The third-order valence-electron chi connectivity index (χ3n) is 5.02. The van der Waals surface area contributed by atoms with E-state index in [-0.39, 0.29) is 5.69 Å². The first-order valence-corrected chi connectivity index (χ1v) is 9.69. The molecule has 1 amide bonds. The molecule has 3 rings (SSSR count). The van der Waals surface area contributed by atoms with Crippen molar-refractivity contribution >= 4 is 23.4 Å². The summed E-state index contributed by atoms with van der Waals surface area (Å²) in [6, 6.07) is 7.92. The molecule has 31 heavy (non-hydrogen) atoms. The fourth-order valence-electron chi connectivity index (χ4n) is 3.21. The Morgan fingerprint density at radius 1 is 1.16 bits per heavy atom.